The van der Waals surface area contributed by atoms with Crippen molar-refractivity contribution in [1.29, 1.82) is 0 Å². The van der Waals surface area contributed by atoms with E-state index in [0.717, 1.165) is 4.47 Å². The van der Waals surface area contributed by atoms with Crippen molar-refractivity contribution in [3.05, 3.63) is 64.1 Å². The molecule has 1 aliphatic rings. The number of anilines is 1. The van der Waals surface area contributed by atoms with Crippen molar-refractivity contribution in [3.63, 3.8) is 0 Å². The topological polar surface area (TPSA) is 58.6 Å². The maximum Gasteiger partial charge on any atom is 0.282 e. The zero-order valence-corrected chi connectivity index (χ0v) is 16.3. The Labute approximate surface area is 160 Å². The summed E-state index contributed by atoms with van der Waals surface area (Å²) in [5.74, 6) is -0.240. The number of halogens is 1. The van der Waals surface area contributed by atoms with Gasteiger partial charge in [0.05, 0.1) is 5.69 Å². The molecule has 0 radical (unpaired) electrons. The second kappa shape index (κ2) is 6.96. The third-order valence-corrected chi connectivity index (χ3v) is 4.09. The highest BCUT2D eigenvalue weighted by molar-refractivity contribution is 9.10. The lowest BCUT2D eigenvalue weighted by Crippen LogP contribution is -2.35. The van der Waals surface area contributed by atoms with E-state index >= 15 is 0 Å². The van der Waals surface area contributed by atoms with Crippen LogP contribution in [0.1, 0.15) is 26.3 Å². The second-order valence-electron chi connectivity index (χ2n) is 6.87. The zero-order chi connectivity index (χ0) is 18.9. The molecule has 0 aliphatic carbocycles. The first-order chi connectivity index (χ1) is 12.2. The summed E-state index contributed by atoms with van der Waals surface area (Å²) in [6, 6.07) is 14.5. The summed E-state index contributed by atoms with van der Waals surface area (Å²) in [6.45, 7) is 5.82. The van der Waals surface area contributed by atoms with E-state index in [9.17, 15) is 9.59 Å². The summed E-state index contributed by atoms with van der Waals surface area (Å²) in [7, 11) is 0. The average molecular weight is 415 g/mol. The van der Waals surface area contributed by atoms with Crippen LogP contribution in [0.3, 0.4) is 0 Å². The third kappa shape index (κ3) is 3.96. The van der Waals surface area contributed by atoms with Gasteiger partial charge in [-0.1, -0.05) is 34.1 Å². The summed E-state index contributed by atoms with van der Waals surface area (Å²) in [6.07, 6.45) is 1.56. The van der Waals surface area contributed by atoms with E-state index in [0.29, 0.717) is 17.0 Å². The normalized spacial score (nSPS) is 16.2. The Hall–Kier alpha value is -2.60. The molecule has 3 rings (SSSR count). The van der Waals surface area contributed by atoms with Crippen LogP contribution in [-0.2, 0) is 9.59 Å². The molecule has 2 aromatic rings. The van der Waals surface area contributed by atoms with Gasteiger partial charge in [0.1, 0.15) is 16.9 Å². The number of hydrazine groups is 1. The van der Waals surface area contributed by atoms with Gasteiger partial charge in [-0.25, -0.2) is 5.01 Å². The van der Waals surface area contributed by atoms with Crippen molar-refractivity contribution in [1.82, 2.24) is 5.43 Å². The molecule has 26 heavy (non-hydrogen) atoms. The second-order valence-corrected chi connectivity index (χ2v) is 7.79. The van der Waals surface area contributed by atoms with E-state index in [1.54, 1.807) is 30.3 Å². The fraction of sp³-hybridized carbons (Fsp3) is 0.200. The largest absolute Gasteiger partial charge is 0.488 e. The number of ether oxygens (including phenoxy) is 1. The van der Waals surface area contributed by atoms with Gasteiger partial charge in [-0.05, 0) is 57.2 Å². The Balaban J connectivity index is 1.99. The smallest absolute Gasteiger partial charge is 0.282 e. The monoisotopic (exact) mass is 414 g/mol. The van der Waals surface area contributed by atoms with Crippen LogP contribution in [0.4, 0.5) is 5.69 Å². The predicted molar refractivity (Wildman–Crippen MR) is 105 cm³/mol. The summed E-state index contributed by atoms with van der Waals surface area (Å²) < 4.78 is 6.79. The molecule has 5 nitrogen and oxygen atoms in total. The molecule has 0 bridgehead atoms. The maximum absolute atomic E-state index is 12.7. The first-order valence-corrected chi connectivity index (χ1v) is 8.95. The first-order valence-electron chi connectivity index (χ1n) is 8.15. The first kappa shape index (κ1) is 18.2. The molecule has 1 fully saturated rings. The molecule has 1 heterocycles. The molecular formula is C20H19BrN2O3. The van der Waals surface area contributed by atoms with Gasteiger partial charge in [-0.3, -0.25) is 15.0 Å². The van der Waals surface area contributed by atoms with Crippen molar-refractivity contribution in [2.75, 3.05) is 5.01 Å². The predicted octanol–water partition coefficient (Wildman–Crippen LogP) is 4.09. The average Bonchev–Trinajstić information content (AvgIpc) is 2.85. The number of para-hydroxylation sites is 1. The molecule has 0 aromatic heterocycles. The van der Waals surface area contributed by atoms with E-state index in [1.165, 1.54) is 5.01 Å². The van der Waals surface area contributed by atoms with E-state index in [1.807, 2.05) is 45.0 Å². The molecule has 2 aromatic carbocycles. The van der Waals surface area contributed by atoms with Crippen molar-refractivity contribution < 1.29 is 14.3 Å². The van der Waals surface area contributed by atoms with Crippen LogP contribution < -0.4 is 15.2 Å². The van der Waals surface area contributed by atoms with E-state index in [2.05, 4.69) is 21.4 Å². The highest BCUT2D eigenvalue weighted by atomic mass is 79.9. The van der Waals surface area contributed by atoms with Crippen LogP contribution in [-0.4, -0.2) is 17.4 Å². The number of amides is 2. The summed E-state index contributed by atoms with van der Waals surface area (Å²) in [4.78, 5) is 25.1. The molecule has 0 spiro atoms. The Morgan fingerprint density at radius 3 is 2.42 bits per heavy atom. The fourth-order valence-corrected chi connectivity index (χ4v) is 2.91. The number of hydrogen-bond acceptors (Lipinski definition) is 3. The van der Waals surface area contributed by atoms with Crippen LogP contribution in [0.2, 0.25) is 0 Å². The van der Waals surface area contributed by atoms with E-state index in [-0.39, 0.29) is 5.57 Å². The molecule has 0 unspecified atom stereocenters. The summed E-state index contributed by atoms with van der Waals surface area (Å²) >= 11 is 3.42. The van der Waals surface area contributed by atoms with Crippen molar-refractivity contribution in [3.8, 4) is 5.75 Å². The Bertz CT molecular complexity index is 886. The van der Waals surface area contributed by atoms with Crippen molar-refractivity contribution in [2.24, 2.45) is 0 Å². The molecule has 1 saturated heterocycles. The minimum Gasteiger partial charge on any atom is -0.488 e. The standard InChI is InChI=1S/C20H19BrN2O3/c1-20(2,3)26-17-10-9-14(21)11-13(17)12-16-18(24)22-23(19(16)25)15-7-5-4-6-8-15/h4-12H,1-3H3,(H,22,24). The molecular weight excluding hydrogens is 396 g/mol. The number of nitrogens with zero attached hydrogens (tertiary/aromatic N) is 1. The lowest BCUT2D eigenvalue weighted by molar-refractivity contribution is -0.117. The fourth-order valence-electron chi connectivity index (χ4n) is 2.53. The molecule has 0 saturated carbocycles. The van der Waals surface area contributed by atoms with Crippen LogP contribution in [0.5, 0.6) is 5.75 Å². The molecule has 0 atom stereocenters. The Kier molecular flexibility index (Phi) is 4.87. The van der Waals surface area contributed by atoms with Crippen LogP contribution in [0.25, 0.3) is 6.08 Å². The van der Waals surface area contributed by atoms with Gasteiger partial charge in [0, 0.05) is 10.0 Å². The van der Waals surface area contributed by atoms with Gasteiger partial charge in [0.2, 0.25) is 0 Å². The van der Waals surface area contributed by atoms with Gasteiger partial charge < -0.3 is 4.74 Å². The van der Waals surface area contributed by atoms with E-state index < -0.39 is 17.4 Å². The quantitative estimate of drug-likeness (QED) is 0.607. The summed E-state index contributed by atoms with van der Waals surface area (Å²) in [5.41, 5.74) is 3.52. The Morgan fingerprint density at radius 1 is 1.08 bits per heavy atom. The SMILES string of the molecule is CC(C)(C)Oc1ccc(Br)cc1C=C1C(=O)NN(c2ccccc2)C1=O. The van der Waals surface area contributed by atoms with Gasteiger partial charge in [-0.2, -0.15) is 0 Å². The number of benzene rings is 2. The molecule has 1 aliphatic heterocycles. The molecule has 1 N–H and O–H groups in total. The lowest BCUT2D eigenvalue weighted by atomic mass is 10.1. The third-order valence-electron chi connectivity index (χ3n) is 3.59. The number of nitrogens with one attached hydrogen (secondary N) is 1. The lowest BCUT2D eigenvalue weighted by Gasteiger charge is -2.22. The number of carbonyl (C=O) groups is 2. The minimum absolute atomic E-state index is 0.0608. The maximum atomic E-state index is 12.7. The number of rotatable bonds is 3. The highest BCUT2D eigenvalue weighted by Crippen LogP contribution is 2.30. The number of carbonyl (C=O) groups excluding carboxylic acids is 2. The molecule has 2 amide bonds. The Morgan fingerprint density at radius 2 is 1.77 bits per heavy atom. The van der Waals surface area contributed by atoms with Crippen LogP contribution in [0.15, 0.2) is 58.6 Å². The van der Waals surface area contributed by atoms with Gasteiger partial charge in [0.15, 0.2) is 0 Å². The van der Waals surface area contributed by atoms with Gasteiger partial charge >= 0.3 is 0 Å². The summed E-state index contributed by atoms with van der Waals surface area (Å²) in [5, 5.41) is 1.25. The minimum atomic E-state index is -0.444. The highest BCUT2D eigenvalue weighted by Gasteiger charge is 2.34. The molecule has 134 valence electrons. The molecule has 6 heteroatoms. The number of hydrogen-bond donors (Lipinski definition) is 1. The van der Waals surface area contributed by atoms with E-state index in [4.69, 9.17) is 4.74 Å². The van der Waals surface area contributed by atoms with Crippen LogP contribution in [0, 0.1) is 0 Å². The van der Waals surface area contributed by atoms with Gasteiger partial charge in [-0.15, -0.1) is 0 Å². The van der Waals surface area contributed by atoms with Crippen molar-refractivity contribution in [2.45, 2.75) is 26.4 Å². The zero-order valence-electron chi connectivity index (χ0n) is 14.7. The van der Waals surface area contributed by atoms with Gasteiger partial charge in [0.25, 0.3) is 11.8 Å². The van der Waals surface area contributed by atoms with Crippen LogP contribution >= 0.6 is 15.9 Å². The van der Waals surface area contributed by atoms with Crippen molar-refractivity contribution >= 4 is 39.5 Å².